The van der Waals surface area contributed by atoms with Gasteiger partial charge in [0.05, 0.1) is 6.67 Å². The third-order valence-electron chi connectivity index (χ3n) is 3.28. The van der Waals surface area contributed by atoms with E-state index < -0.39 is 0 Å². The molecule has 1 fully saturated rings. The first-order chi connectivity index (χ1) is 8.28. The number of likely N-dealkylation sites (tertiary alicyclic amines) is 1. The summed E-state index contributed by atoms with van der Waals surface area (Å²) < 4.78 is 12.1. The lowest BCUT2D eigenvalue weighted by molar-refractivity contribution is 0.300. The molecule has 1 atom stereocenters. The van der Waals surface area contributed by atoms with Gasteiger partial charge in [-0.25, -0.2) is 9.97 Å². The molecule has 0 saturated carbocycles. The Morgan fingerprint density at radius 2 is 2.18 bits per heavy atom. The number of hydrogen-bond donors (Lipinski definition) is 0. The number of nitrogens with zero attached hydrogens (tertiary/aromatic N) is 3. The highest BCUT2D eigenvalue weighted by molar-refractivity contribution is 5.02. The Bertz CT molecular complexity index is 339. The molecule has 1 unspecified atom stereocenters. The van der Waals surface area contributed by atoms with Crippen LogP contribution in [-0.4, -0.2) is 41.2 Å². The van der Waals surface area contributed by atoms with Gasteiger partial charge in [-0.05, 0) is 37.8 Å². The van der Waals surface area contributed by atoms with Gasteiger partial charge in [-0.15, -0.1) is 0 Å². The van der Waals surface area contributed by atoms with Crippen LogP contribution in [0.2, 0.25) is 0 Å². The van der Waals surface area contributed by atoms with Gasteiger partial charge in [-0.2, -0.15) is 0 Å². The number of hydrogen-bond acceptors (Lipinski definition) is 3. The average molecular weight is 237 g/mol. The first kappa shape index (κ1) is 12.4. The maximum Gasteiger partial charge on any atom is 0.128 e. The normalized spacial score (nSPS) is 20.9. The van der Waals surface area contributed by atoms with E-state index in [0.29, 0.717) is 12.3 Å². The average Bonchev–Trinajstić information content (AvgIpc) is 2.77. The molecular formula is C13H20FN3. The molecule has 0 radical (unpaired) electrons. The minimum atomic E-state index is -0.206. The molecule has 3 nitrogen and oxygen atoms in total. The van der Waals surface area contributed by atoms with E-state index in [9.17, 15) is 4.39 Å². The summed E-state index contributed by atoms with van der Waals surface area (Å²) >= 11 is 0. The maximum absolute atomic E-state index is 12.1. The van der Waals surface area contributed by atoms with Crippen molar-refractivity contribution in [3.05, 3.63) is 23.8 Å². The molecule has 94 valence electrons. The van der Waals surface area contributed by atoms with Crippen LogP contribution in [0.4, 0.5) is 4.39 Å². The Labute approximate surface area is 102 Å². The molecule has 0 aromatic carbocycles. The van der Waals surface area contributed by atoms with Gasteiger partial charge >= 0.3 is 0 Å². The largest absolute Gasteiger partial charge is 0.303 e. The summed E-state index contributed by atoms with van der Waals surface area (Å²) in [7, 11) is 0. The molecule has 1 aliphatic rings. The van der Waals surface area contributed by atoms with Gasteiger partial charge < -0.3 is 4.90 Å². The second-order valence-electron chi connectivity index (χ2n) is 4.88. The molecular weight excluding hydrogens is 217 g/mol. The van der Waals surface area contributed by atoms with Gasteiger partial charge in [0.25, 0.3) is 0 Å². The fourth-order valence-electron chi connectivity index (χ4n) is 2.35. The third-order valence-corrected chi connectivity index (χ3v) is 3.28. The summed E-state index contributed by atoms with van der Waals surface area (Å²) in [5, 5.41) is 0. The van der Waals surface area contributed by atoms with Crippen LogP contribution in [0.5, 0.6) is 0 Å². The zero-order valence-electron chi connectivity index (χ0n) is 10.4. The van der Waals surface area contributed by atoms with Crippen LogP contribution in [0.1, 0.15) is 24.2 Å². The first-order valence-corrected chi connectivity index (χ1v) is 6.34. The molecule has 0 bridgehead atoms. The molecule has 2 rings (SSSR count). The Hall–Kier alpha value is -1.03. The number of alkyl halides is 1. The highest BCUT2D eigenvalue weighted by Crippen LogP contribution is 2.19. The van der Waals surface area contributed by atoms with Crippen molar-refractivity contribution in [1.82, 2.24) is 14.9 Å². The molecule has 17 heavy (non-hydrogen) atoms. The highest BCUT2D eigenvalue weighted by Gasteiger charge is 2.22. The van der Waals surface area contributed by atoms with Crippen LogP contribution in [-0.2, 0) is 6.42 Å². The van der Waals surface area contributed by atoms with Crippen molar-refractivity contribution in [1.29, 1.82) is 0 Å². The second kappa shape index (κ2) is 6.05. The predicted octanol–water partition coefficient (Wildman–Crippen LogP) is 2.01. The Morgan fingerprint density at radius 3 is 2.88 bits per heavy atom. The van der Waals surface area contributed by atoms with Crippen molar-refractivity contribution in [2.24, 2.45) is 5.92 Å². The van der Waals surface area contributed by atoms with E-state index in [4.69, 9.17) is 0 Å². The Kier molecular flexibility index (Phi) is 4.42. The Morgan fingerprint density at radius 1 is 1.41 bits per heavy atom. The summed E-state index contributed by atoms with van der Waals surface area (Å²) in [5.41, 5.74) is 1.10. The van der Waals surface area contributed by atoms with E-state index in [2.05, 4.69) is 14.9 Å². The summed E-state index contributed by atoms with van der Waals surface area (Å²) in [6.07, 6.45) is 6.54. The van der Waals surface area contributed by atoms with E-state index >= 15 is 0 Å². The summed E-state index contributed by atoms with van der Waals surface area (Å²) in [5.74, 6) is 1.57. The molecule has 1 aromatic heterocycles. The van der Waals surface area contributed by atoms with E-state index in [0.717, 1.165) is 37.4 Å². The van der Waals surface area contributed by atoms with Crippen molar-refractivity contribution in [3.8, 4) is 0 Å². The fourth-order valence-corrected chi connectivity index (χ4v) is 2.35. The van der Waals surface area contributed by atoms with Crippen LogP contribution >= 0.6 is 0 Å². The summed E-state index contributed by atoms with van der Waals surface area (Å²) in [4.78, 5) is 11.0. The monoisotopic (exact) mass is 237 g/mol. The first-order valence-electron chi connectivity index (χ1n) is 6.34. The van der Waals surface area contributed by atoms with Crippen LogP contribution in [0.3, 0.4) is 0 Å². The fraction of sp³-hybridized carbons (Fsp3) is 0.692. The smallest absolute Gasteiger partial charge is 0.128 e. The van der Waals surface area contributed by atoms with Crippen LogP contribution < -0.4 is 0 Å². The quantitative estimate of drug-likeness (QED) is 0.784. The van der Waals surface area contributed by atoms with Gasteiger partial charge in [-0.1, -0.05) is 0 Å². The Balaban J connectivity index is 1.79. The minimum Gasteiger partial charge on any atom is -0.303 e. The summed E-state index contributed by atoms with van der Waals surface area (Å²) in [6.45, 7) is 4.84. The zero-order valence-corrected chi connectivity index (χ0v) is 10.4. The van der Waals surface area contributed by atoms with Crippen molar-refractivity contribution in [2.45, 2.75) is 26.2 Å². The molecule has 1 aromatic rings. The topological polar surface area (TPSA) is 29.0 Å². The lowest BCUT2D eigenvalue weighted by Crippen LogP contribution is -2.22. The molecule has 0 amide bonds. The van der Waals surface area contributed by atoms with E-state index in [1.54, 1.807) is 0 Å². The lowest BCUT2D eigenvalue weighted by Gasteiger charge is -2.14. The highest BCUT2D eigenvalue weighted by atomic mass is 19.1. The van der Waals surface area contributed by atoms with Crippen LogP contribution in [0.15, 0.2) is 12.4 Å². The number of rotatable bonds is 5. The molecule has 2 heterocycles. The molecule has 1 saturated heterocycles. The predicted molar refractivity (Wildman–Crippen MR) is 65.6 cm³/mol. The maximum atomic E-state index is 12.1. The van der Waals surface area contributed by atoms with Gasteiger partial charge in [0.1, 0.15) is 5.82 Å². The van der Waals surface area contributed by atoms with Gasteiger partial charge in [0.2, 0.25) is 0 Å². The third kappa shape index (κ3) is 3.73. The van der Waals surface area contributed by atoms with Crippen molar-refractivity contribution < 1.29 is 4.39 Å². The van der Waals surface area contributed by atoms with Gasteiger partial charge in [0.15, 0.2) is 0 Å². The molecule has 4 heteroatoms. The zero-order chi connectivity index (χ0) is 12.1. The van der Waals surface area contributed by atoms with Crippen molar-refractivity contribution in [3.63, 3.8) is 0 Å². The second-order valence-corrected chi connectivity index (χ2v) is 4.88. The molecule has 1 aliphatic heterocycles. The minimum absolute atomic E-state index is 0.206. The number of aromatic nitrogens is 2. The van der Waals surface area contributed by atoms with Gasteiger partial charge in [-0.3, -0.25) is 4.39 Å². The van der Waals surface area contributed by atoms with Crippen LogP contribution in [0.25, 0.3) is 0 Å². The molecule has 0 spiro atoms. The van der Waals surface area contributed by atoms with E-state index in [1.807, 2.05) is 19.3 Å². The number of halogens is 1. The summed E-state index contributed by atoms with van der Waals surface area (Å²) in [6, 6.07) is 0. The lowest BCUT2D eigenvalue weighted by atomic mass is 10.0. The van der Waals surface area contributed by atoms with Crippen molar-refractivity contribution >= 4 is 0 Å². The molecule has 0 aliphatic carbocycles. The van der Waals surface area contributed by atoms with Gasteiger partial charge in [0, 0.05) is 31.9 Å². The number of aryl methyl sites for hydroxylation is 1. The van der Waals surface area contributed by atoms with Crippen molar-refractivity contribution in [2.75, 3.05) is 26.3 Å². The van der Waals surface area contributed by atoms with E-state index in [-0.39, 0.29) is 6.67 Å². The standard InChI is InChI=1S/C13H20FN3/c1-11-8-15-13(16-9-11)7-12-3-6-17(10-12)5-2-4-14/h8-9,12H,2-7,10H2,1H3. The SMILES string of the molecule is Cc1cnc(CC2CCN(CCCF)C2)nc1. The van der Waals surface area contributed by atoms with E-state index in [1.165, 1.54) is 6.42 Å². The van der Waals surface area contributed by atoms with Crippen LogP contribution in [0, 0.1) is 12.8 Å². The molecule has 0 N–H and O–H groups in total.